The summed E-state index contributed by atoms with van der Waals surface area (Å²) in [7, 11) is 0. The molecule has 0 aliphatic carbocycles. The van der Waals surface area contributed by atoms with Crippen molar-refractivity contribution in [3.63, 3.8) is 0 Å². The highest BCUT2D eigenvalue weighted by Crippen LogP contribution is 2.22. The number of nitrogens with two attached hydrogens (primary N) is 1. The molecule has 2 aromatic rings. The SMILES string of the molecule is CCc1cccc(C(N)c2cc(C)cc(C)c2)c1. The Balaban J connectivity index is 2.37. The lowest BCUT2D eigenvalue weighted by molar-refractivity contribution is 0.864. The van der Waals surface area contributed by atoms with Crippen LogP contribution in [0, 0.1) is 13.8 Å². The highest BCUT2D eigenvalue weighted by Gasteiger charge is 2.09. The second-order valence-corrected chi connectivity index (χ2v) is 5.00. The molecular formula is C17H21N. The number of rotatable bonds is 3. The summed E-state index contributed by atoms with van der Waals surface area (Å²) in [5, 5.41) is 0. The monoisotopic (exact) mass is 239 g/mol. The second-order valence-electron chi connectivity index (χ2n) is 5.00. The highest BCUT2D eigenvalue weighted by atomic mass is 14.6. The van der Waals surface area contributed by atoms with Crippen LogP contribution in [0.3, 0.4) is 0 Å². The minimum Gasteiger partial charge on any atom is -0.320 e. The molecule has 94 valence electrons. The Labute approximate surface area is 110 Å². The molecule has 1 unspecified atom stereocenters. The summed E-state index contributed by atoms with van der Waals surface area (Å²) >= 11 is 0. The molecule has 0 aliphatic heterocycles. The van der Waals surface area contributed by atoms with Crippen LogP contribution in [0.2, 0.25) is 0 Å². The quantitative estimate of drug-likeness (QED) is 0.863. The smallest absolute Gasteiger partial charge is 0.0551 e. The zero-order valence-electron chi connectivity index (χ0n) is 11.4. The first kappa shape index (κ1) is 12.8. The molecule has 2 N–H and O–H groups in total. The average Bonchev–Trinajstić information content (AvgIpc) is 2.37. The van der Waals surface area contributed by atoms with Gasteiger partial charge in [0.25, 0.3) is 0 Å². The van der Waals surface area contributed by atoms with Gasteiger partial charge in [-0.15, -0.1) is 0 Å². The van der Waals surface area contributed by atoms with Gasteiger partial charge in [0.05, 0.1) is 6.04 Å². The first-order valence-corrected chi connectivity index (χ1v) is 6.52. The van der Waals surface area contributed by atoms with Gasteiger partial charge in [0.15, 0.2) is 0 Å². The predicted octanol–water partition coefficient (Wildman–Crippen LogP) is 3.91. The molecule has 0 spiro atoms. The summed E-state index contributed by atoms with van der Waals surface area (Å²) in [5.41, 5.74) is 12.6. The summed E-state index contributed by atoms with van der Waals surface area (Å²) in [6.45, 7) is 6.40. The third kappa shape index (κ3) is 2.80. The zero-order chi connectivity index (χ0) is 13.1. The van der Waals surface area contributed by atoms with Gasteiger partial charge >= 0.3 is 0 Å². The maximum Gasteiger partial charge on any atom is 0.0551 e. The summed E-state index contributed by atoms with van der Waals surface area (Å²) in [6.07, 6.45) is 1.05. The van der Waals surface area contributed by atoms with Crippen molar-refractivity contribution in [2.75, 3.05) is 0 Å². The van der Waals surface area contributed by atoms with E-state index < -0.39 is 0 Å². The van der Waals surface area contributed by atoms with Crippen LogP contribution in [-0.4, -0.2) is 0 Å². The Morgan fingerprint density at radius 1 is 0.944 bits per heavy atom. The molecule has 0 heterocycles. The van der Waals surface area contributed by atoms with Crippen molar-refractivity contribution >= 4 is 0 Å². The summed E-state index contributed by atoms with van der Waals surface area (Å²) in [5.74, 6) is 0. The third-order valence-electron chi connectivity index (χ3n) is 3.32. The lowest BCUT2D eigenvalue weighted by atomic mass is 9.95. The fourth-order valence-electron chi connectivity index (χ4n) is 2.39. The molecule has 0 amide bonds. The van der Waals surface area contributed by atoms with Crippen LogP contribution in [0.15, 0.2) is 42.5 Å². The minimum absolute atomic E-state index is 0.0323. The van der Waals surface area contributed by atoms with Gasteiger partial charge in [-0.2, -0.15) is 0 Å². The van der Waals surface area contributed by atoms with Gasteiger partial charge in [0.2, 0.25) is 0 Å². The van der Waals surface area contributed by atoms with Crippen LogP contribution in [0.5, 0.6) is 0 Å². The molecule has 0 radical (unpaired) electrons. The fourth-order valence-corrected chi connectivity index (χ4v) is 2.39. The lowest BCUT2D eigenvalue weighted by Crippen LogP contribution is -2.12. The largest absolute Gasteiger partial charge is 0.320 e. The maximum atomic E-state index is 6.38. The molecule has 0 aromatic heterocycles. The van der Waals surface area contributed by atoms with Gasteiger partial charge in [0, 0.05) is 0 Å². The van der Waals surface area contributed by atoms with E-state index in [1.807, 2.05) is 0 Å². The molecule has 2 rings (SSSR count). The van der Waals surface area contributed by atoms with E-state index in [1.54, 1.807) is 0 Å². The molecule has 0 saturated heterocycles. The van der Waals surface area contributed by atoms with Crippen LogP contribution in [0.25, 0.3) is 0 Å². The zero-order valence-corrected chi connectivity index (χ0v) is 11.4. The molecule has 18 heavy (non-hydrogen) atoms. The van der Waals surface area contributed by atoms with E-state index in [0.29, 0.717) is 0 Å². The number of hydrogen-bond donors (Lipinski definition) is 1. The van der Waals surface area contributed by atoms with Gasteiger partial charge in [-0.05, 0) is 37.0 Å². The van der Waals surface area contributed by atoms with Crippen LogP contribution < -0.4 is 5.73 Å². The number of aryl methyl sites for hydroxylation is 3. The Morgan fingerprint density at radius 3 is 2.22 bits per heavy atom. The molecule has 0 aliphatic rings. The Hall–Kier alpha value is -1.60. The maximum absolute atomic E-state index is 6.38. The molecule has 1 nitrogen and oxygen atoms in total. The molecular weight excluding hydrogens is 218 g/mol. The van der Waals surface area contributed by atoms with E-state index in [2.05, 4.69) is 63.2 Å². The summed E-state index contributed by atoms with van der Waals surface area (Å²) in [6, 6.07) is 15.1. The van der Waals surface area contributed by atoms with Crippen molar-refractivity contribution < 1.29 is 0 Å². The van der Waals surface area contributed by atoms with Crippen molar-refractivity contribution in [1.29, 1.82) is 0 Å². The standard InChI is InChI=1S/C17H21N/c1-4-14-6-5-7-15(11-14)17(18)16-9-12(2)8-13(3)10-16/h5-11,17H,4,18H2,1-3H3. The first-order chi connectivity index (χ1) is 8.60. The number of benzene rings is 2. The van der Waals surface area contributed by atoms with Gasteiger partial charge in [-0.25, -0.2) is 0 Å². The van der Waals surface area contributed by atoms with E-state index >= 15 is 0 Å². The normalized spacial score (nSPS) is 12.4. The molecule has 1 atom stereocenters. The predicted molar refractivity (Wildman–Crippen MR) is 77.8 cm³/mol. The topological polar surface area (TPSA) is 26.0 Å². The van der Waals surface area contributed by atoms with Crippen molar-refractivity contribution in [2.24, 2.45) is 5.73 Å². The fraction of sp³-hybridized carbons (Fsp3) is 0.294. The van der Waals surface area contributed by atoms with E-state index in [-0.39, 0.29) is 6.04 Å². The van der Waals surface area contributed by atoms with Crippen molar-refractivity contribution in [3.8, 4) is 0 Å². The first-order valence-electron chi connectivity index (χ1n) is 6.52. The molecule has 0 bridgehead atoms. The third-order valence-corrected chi connectivity index (χ3v) is 3.32. The highest BCUT2D eigenvalue weighted by molar-refractivity contribution is 5.37. The average molecular weight is 239 g/mol. The van der Waals surface area contributed by atoms with Crippen LogP contribution in [0.1, 0.15) is 40.8 Å². The minimum atomic E-state index is -0.0323. The van der Waals surface area contributed by atoms with Gasteiger partial charge in [-0.3, -0.25) is 0 Å². The van der Waals surface area contributed by atoms with Gasteiger partial charge < -0.3 is 5.73 Å². The Kier molecular flexibility index (Phi) is 3.83. The van der Waals surface area contributed by atoms with E-state index in [4.69, 9.17) is 5.73 Å². The van der Waals surface area contributed by atoms with Crippen molar-refractivity contribution in [2.45, 2.75) is 33.2 Å². The Morgan fingerprint density at radius 2 is 1.61 bits per heavy atom. The van der Waals surface area contributed by atoms with Gasteiger partial charge in [0.1, 0.15) is 0 Å². The van der Waals surface area contributed by atoms with Crippen molar-refractivity contribution in [1.82, 2.24) is 0 Å². The van der Waals surface area contributed by atoms with E-state index in [0.717, 1.165) is 6.42 Å². The summed E-state index contributed by atoms with van der Waals surface area (Å²) < 4.78 is 0. The van der Waals surface area contributed by atoms with E-state index in [1.165, 1.54) is 27.8 Å². The second kappa shape index (κ2) is 5.36. The van der Waals surface area contributed by atoms with Crippen LogP contribution >= 0.6 is 0 Å². The molecule has 1 heteroatoms. The van der Waals surface area contributed by atoms with E-state index in [9.17, 15) is 0 Å². The Bertz CT molecular complexity index is 523. The van der Waals surface area contributed by atoms with Crippen molar-refractivity contribution in [3.05, 3.63) is 70.3 Å². The molecule has 0 saturated carbocycles. The van der Waals surface area contributed by atoms with Gasteiger partial charge in [-0.1, -0.05) is 60.5 Å². The molecule has 0 fully saturated rings. The number of hydrogen-bond acceptors (Lipinski definition) is 1. The molecule has 2 aromatic carbocycles. The van der Waals surface area contributed by atoms with Crippen LogP contribution in [-0.2, 0) is 6.42 Å². The van der Waals surface area contributed by atoms with Crippen LogP contribution in [0.4, 0.5) is 0 Å². The summed E-state index contributed by atoms with van der Waals surface area (Å²) in [4.78, 5) is 0. The lowest BCUT2D eigenvalue weighted by Gasteiger charge is -2.15.